The number of hydrogen-bond acceptors (Lipinski definition) is 4. The van der Waals surface area contributed by atoms with E-state index in [0.29, 0.717) is 12.1 Å². The molecular formula is C18H21N3O4. The average Bonchev–Trinajstić information content (AvgIpc) is 3.35. The van der Waals surface area contributed by atoms with Crippen molar-refractivity contribution in [2.45, 2.75) is 45.0 Å². The molecule has 2 aromatic rings. The Morgan fingerprint density at radius 2 is 2.08 bits per heavy atom. The van der Waals surface area contributed by atoms with Gasteiger partial charge in [0.2, 0.25) is 0 Å². The van der Waals surface area contributed by atoms with Crippen molar-refractivity contribution in [3.05, 3.63) is 53.9 Å². The molecule has 1 N–H and O–H groups in total. The lowest BCUT2D eigenvalue weighted by atomic mass is 10.1. The third-order valence-corrected chi connectivity index (χ3v) is 4.16. The Bertz CT molecular complexity index is 740. The van der Waals surface area contributed by atoms with Crippen LogP contribution in [0, 0.1) is 0 Å². The molecule has 1 atom stereocenters. The van der Waals surface area contributed by atoms with Crippen LogP contribution in [-0.2, 0) is 22.7 Å². The molecule has 132 valence electrons. The molecule has 1 fully saturated rings. The van der Waals surface area contributed by atoms with E-state index < -0.39 is 18.1 Å². The number of aryl methyl sites for hydroxylation is 1. The Morgan fingerprint density at radius 3 is 2.64 bits per heavy atom. The number of benzene rings is 1. The van der Waals surface area contributed by atoms with Gasteiger partial charge in [-0.3, -0.25) is 9.58 Å². The smallest absolute Gasteiger partial charge is 0.411 e. The molecule has 7 heteroatoms. The van der Waals surface area contributed by atoms with E-state index in [1.807, 2.05) is 37.3 Å². The van der Waals surface area contributed by atoms with Crippen LogP contribution in [0.2, 0.25) is 0 Å². The molecule has 0 bridgehead atoms. The number of aromatic nitrogens is 2. The van der Waals surface area contributed by atoms with Crippen LogP contribution in [-0.4, -0.2) is 37.9 Å². The zero-order valence-electron chi connectivity index (χ0n) is 14.0. The average molecular weight is 343 g/mol. The highest BCUT2D eigenvalue weighted by molar-refractivity contribution is 5.81. The maximum atomic E-state index is 12.6. The quantitative estimate of drug-likeness (QED) is 0.835. The van der Waals surface area contributed by atoms with E-state index in [0.717, 1.165) is 18.4 Å². The summed E-state index contributed by atoms with van der Waals surface area (Å²) in [6.45, 7) is 2.66. The van der Waals surface area contributed by atoms with Crippen molar-refractivity contribution in [3.63, 3.8) is 0 Å². The fourth-order valence-corrected chi connectivity index (χ4v) is 2.73. The summed E-state index contributed by atoms with van der Waals surface area (Å²) in [4.78, 5) is 25.8. The summed E-state index contributed by atoms with van der Waals surface area (Å²) in [7, 11) is 0. The lowest BCUT2D eigenvalue weighted by molar-refractivity contribution is -0.143. The second-order valence-electron chi connectivity index (χ2n) is 6.05. The van der Waals surface area contributed by atoms with Gasteiger partial charge in [0.1, 0.15) is 6.61 Å². The van der Waals surface area contributed by atoms with Gasteiger partial charge in [-0.2, -0.15) is 5.10 Å². The number of nitrogens with zero attached hydrogens (tertiary/aromatic N) is 3. The van der Waals surface area contributed by atoms with Crippen LogP contribution < -0.4 is 0 Å². The number of amides is 1. The molecule has 1 saturated carbocycles. The number of aliphatic carboxylic acids is 1. The van der Waals surface area contributed by atoms with Gasteiger partial charge >= 0.3 is 12.1 Å². The van der Waals surface area contributed by atoms with Crippen LogP contribution in [0.3, 0.4) is 0 Å². The molecule has 25 heavy (non-hydrogen) atoms. The van der Waals surface area contributed by atoms with Gasteiger partial charge in [0, 0.05) is 24.3 Å². The molecule has 0 radical (unpaired) electrons. The third kappa shape index (κ3) is 3.99. The van der Waals surface area contributed by atoms with Crippen LogP contribution in [0.5, 0.6) is 0 Å². The zero-order valence-corrected chi connectivity index (χ0v) is 14.0. The van der Waals surface area contributed by atoms with E-state index in [1.54, 1.807) is 10.9 Å². The predicted octanol–water partition coefficient (Wildman–Crippen LogP) is 2.83. The van der Waals surface area contributed by atoms with Crippen LogP contribution in [0.1, 0.15) is 36.9 Å². The van der Waals surface area contributed by atoms with Gasteiger partial charge in [0.05, 0.1) is 6.20 Å². The number of carboxylic acid groups (broad SMARTS) is 1. The Kier molecular flexibility index (Phi) is 5.02. The van der Waals surface area contributed by atoms with E-state index >= 15 is 0 Å². The minimum atomic E-state index is -1.09. The van der Waals surface area contributed by atoms with Crippen LogP contribution >= 0.6 is 0 Å². The molecule has 1 aliphatic rings. The number of ether oxygens (including phenoxy) is 1. The first-order chi connectivity index (χ1) is 12.1. The molecule has 1 aromatic heterocycles. The van der Waals surface area contributed by atoms with Crippen molar-refractivity contribution in [2.75, 3.05) is 0 Å². The highest BCUT2D eigenvalue weighted by Gasteiger charge is 2.43. The number of hydrogen-bond donors (Lipinski definition) is 1. The Labute approximate surface area is 145 Å². The lowest BCUT2D eigenvalue weighted by Crippen LogP contribution is -2.40. The summed E-state index contributed by atoms with van der Waals surface area (Å²) >= 11 is 0. The van der Waals surface area contributed by atoms with Crippen LogP contribution in [0.4, 0.5) is 4.79 Å². The van der Waals surface area contributed by atoms with E-state index in [-0.39, 0.29) is 12.6 Å². The molecule has 1 heterocycles. The highest BCUT2D eigenvalue weighted by Crippen LogP contribution is 2.35. The van der Waals surface area contributed by atoms with Gasteiger partial charge in [-0.1, -0.05) is 30.3 Å². The number of carboxylic acids is 1. The van der Waals surface area contributed by atoms with Crippen molar-refractivity contribution >= 4 is 12.1 Å². The molecular weight excluding hydrogens is 322 g/mol. The van der Waals surface area contributed by atoms with Crippen LogP contribution in [0.25, 0.3) is 0 Å². The predicted molar refractivity (Wildman–Crippen MR) is 89.8 cm³/mol. The largest absolute Gasteiger partial charge is 0.479 e. The molecule has 0 saturated heterocycles. The molecule has 1 unspecified atom stereocenters. The van der Waals surface area contributed by atoms with Crippen molar-refractivity contribution in [1.29, 1.82) is 0 Å². The topological polar surface area (TPSA) is 84.7 Å². The molecule has 0 aliphatic heterocycles. The lowest BCUT2D eigenvalue weighted by Gasteiger charge is -2.27. The number of carbonyl (C=O) groups excluding carboxylic acids is 1. The SMILES string of the molecule is CCn1cc(C(C(=O)O)N(C(=O)OCc2ccccc2)C2CC2)cn1. The third-order valence-electron chi connectivity index (χ3n) is 4.16. The van der Waals surface area contributed by atoms with Gasteiger partial charge in [-0.15, -0.1) is 0 Å². The minimum absolute atomic E-state index is 0.102. The standard InChI is InChI=1S/C18H21N3O4/c1-2-20-11-14(10-19-20)16(17(22)23)21(15-8-9-15)18(24)25-12-13-6-4-3-5-7-13/h3-7,10-11,15-16H,2,8-9,12H2,1H3,(H,22,23). The van der Waals surface area contributed by atoms with Crippen molar-refractivity contribution < 1.29 is 19.4 Å². The summed E-state index contributed by atoms with van der Waals surface area (Å²) in [5.74, 6) is -1.08. The van der Waals surface area contributed by atoms with Gasteiger partial charge in [0.25, 0.3) is 0 Å². The van der Waals surface area contributed by atoms with Crippen molar-refractivity contribution in [2.24, 2.45) is 0 Å². The number of carbonyl (C=O) groups is 2. The first kappa shape index (κ1) is 17.0. The normalized spacial score (nSPS) is 14.8. The Balaban J connectivity index is 1.77. The maximum absolute atomic E-state index is 12.6. The van der Waals surface area contributed by atoms with Crippen LogP contribution in [0.15, 0.2) is 42.7 Å². The Hall–Kier alpha value is -2.83. The molecule has 0 spiro atoms. The summed E-state index contributed by atoms with van der Waals surface area (Å²) in [5, 5.41) is 13.8. The summed E-state index contributed by atoms with van der Waals surface area (Å²) in [5.41, 5.74) is 1.34. The maximum Gasteiger partial charge on any atom is 0.411 e. The van der Waals surface area contributed by atoms with E-state index in [1.165, 1.54) is 11.1 Å². The van der Waals surface area contributed by atoms with Gasteiger partial charge < -0.3 is 9.84 Å². The van der Waals surface area contributed by atoms with Crippen molar-refractivity contribution in [1.82, 2.24) is 14.7 Å². The summed E-state index contributed by atoms with van der Waals surface area (Å²) in [6.07, 6.45) is 4.13. The molecule has 1 amide bonds. The summed E-state index contributed by atoms with van der Waals surface area (Å²) < 4.78 is 7.02. The molecule has 7 nitrogen and oxygen atoms in total. The fraction of sp³-hybridized carbons (Fsp3) is 0.389. The van der Waals surface area contributed by atoms with Crippen molar-refractivity contribution in [3.8, 4) is 0 Å². The molecule has 1 aliphatic carbocycles. The monoisotopic (exact) mass is 343 g/mol. The first-order valence-corrected chi connectivity index (χ1v) is 8.34. The van der Waals surface area contributed by atoms with Gasteiger partial charge in [-0.25, -0.2) is 9.59 Å². The molecule has 3 rings (SSSR count). The number of rotatable bonds is 7. The summed E-state index contributed by atoms with van der Waals surface area (Å²) in [6, 6.07) is 8.13. The minimum Gasteiger partial charge on any atom is -0.479 e. The second-order valence-corrected chi connectivity index (χ2v) is 6.05. The van der Waals surface area contributed by atoms with E-state index in [4.69, 9.17) is 4.74 Å². The highest BCUT2D eigenvalue weighted by atomic mass is 16.6. The second kappa shape index (κ2) is 7.38. The van der Waals surface area contributed by atoms with E-state index in [9.17, 15) is 14.7 Å². The first-order valence-electron chi connectivity index (χ1n) is 8.34. The Morgan fingerprint density at radius 1 is 1.36 bits per heavy atom. The van der Waals surface area contributed by atoms with Gasteiger partial charge in [0.15, 0.2) is 6.04 Å². The zero-order chi connectivity index (χ0) is 17.8. The molecule has 1 aromatic carbocycles. The fourth-order valence-electron chi connectivity index (χ4n) is 2.73. The van der Waals surface area contributed by atoms with Gasteiger partial charge in [-0.05, 0) is 25.3 Å². The van der Waals surface area contributed by atoms with E-state index in [2.05, 4.69) is 5.10 Å².